The summed E-state index contributed by atoms with van der Waals surface area (Å²) in [6, 6.07) is 10.3. The molecule has 56 valence electrons. The Bertz CT molecular complexity index is 243. The van der Waals surface area contributed by atoms with Crippen LogP contribution in [0.5, 0.6) is 0 Å². The van der Waals surface area contributed by atoms with E-state index >= 15 is 0 Å². The SMILES string of the molecule is C1=CO[C@H](c2ccccc2)C1. The molecule has 0 aliphatic carbocycles. The Balaban J connectivity index is 2.17. The predicted molar refractivity (Wildman–Crippen MR) is 44.0 cm³/mol. The van der Waals surface area contributed by atoms with E-state index in [0.29, 0.717) is 0 Å². The standard InChI is InChI=1S/C10H10O/c1-2-5-9(6-3-1)10-7-4-8-11-10/h1-6,8,10H,7H2/t10-/m0/s1. The van der Waals surface area contributed by atoms with Gasteiger partial charge in [0, 0.05) is 6.42 Å². The van der Waals surface area contributed by atoms with Crippen LogP contribution in [0, 0.1) is 0 Å². The molecule has 0 amide bonds. The molecule has 0 fully saturated rings. The average Bonchev–Trinajstić information content (AvgIpc) is 2.58. The van der Waals surface area contributed by atoms with Gasteiger partial charge in [-0.2, -0.15) is 0 Å². The van der Waals surface area contributed by atoms with E-state index in [9.17, 15) is 0 Å². The molecule has 1 heteroatoms. The van der Waals surface area contributed by atoms with E-state index in [1.54, 1.807) is 6.26 Å². The first-order chi connectivity index (χ1) is 5.47. The second-order valence-corrected chi connectivity index (χ2v) is 2.64. The van der Waals surface area contributed by atoms with Crippen molar-refractivity contribution in [3.8, 4) is 0 Å². The van der Waals surface area contributed by atoms with Crippen LogP contribution in [0.3, 0.4) is 0 Å². The van der Waals surface area contributed by atoms with Gasteiger partial charge in [-0.25, -0.2) is 0 Å². The number of hydrogen-bond donors (Lipinski definition) is 0. The first-order valence-electron chi connectivity index (χ1n) is 3.82. The van der Waals surface area contributed by atoms with Crippen LogP contribution >= 0.6 is 0 Å². The summed E-state index contributed by atoms with van der Waals surface area (Å²) in [6.45, 7) is 0. The Morgan fingerprint density at radius 2 is 2.00 bits per heavy atom. The highest BCUT2D eigenvalue weighted by Gasteiger charge is 2.12. The Morgan fingerprint density at radius 1 is 1.18 bits per heavy atom. The highest BCUT2D eigenvalue weighted by atomic mass is 16.5. The Labute approximate surface area is 66.3 Å². The molecule has 1 aliphatic heterocycles. The van der Waals surface area contributed by atoms with Crippen molar-refractivity contribution in [3.63, 3.8) is 0 Å². The average molecular weight is 146 g/mol. The van der Waals surface area contributed by atoms with Gasteiger partial charge < -0.3 is 4.74 Å². The minimum absolute atomic E-state index is 0.260. The molecular formula is C10H10O. The summed E-state index contributed by atoms with van der Waals surface area (Å²) >= 11 is 0. The highest BCUT2D eigenvalue weighted by Crippen LogP contribution is 2.25. The molecule has 2 rings (SSSR count). The lowest BCUT2D eigenvalue weighted by atomic mass is 10.1. The number of benzene rings is 1. The third-order valence-corrected chi connectivity index (χ3v) is 1.86. The summed E-state index contributed by atoms with van der Waals surface area (Å²) in [5.74, 6) is 0. The summed E-state index contributed by atoms with van der Waals surface area (Å²) in [5, 5.41) is 0. The second-order valence-electron chi connectivity index (χ2n) is 2.64. The van der Waals surface area contributed by atoms with Crippen molar-refractivity contribution in [3.05, 3.63) is 48.2 Å². The maximum absolute atomic E-state index is 5.36. The van der Waals surface area contributed by atoms with Gasteiger partial charge in [-0.05, 0) is 11.6 Å². The van der Waals surface area contributed by atoms with E-state index < -0.39 is 0 Å². The minimum Gasteiger partial charge on any atom is -0.493 e. The fraction of sp³-hybridized carbons (Fsp3) is 0.200. The molecule has 1 aromatic rings. The summed E-state index contributed by atoms with van der Waals surface area (Å²) in [7, 11) is 0. The van der Waals surface area contributed by atoms with Gasteiger partial charge in [-0.3, -0.25) is 0 Å². The Kier molecular flexibility index (Phi) is 1.64. The van der Waals surface area contributed by atoms with Crippen LogP contribution in [-0.4, -0.2) is 0 Å². The third kappa shape index (κ3) is 1.27. The molecule has 1 nitrogen and oxygen atoms in total. The zero-order valence-electron chi connectivity index (χ0n) is 6.23. The predicted octanol–water partition coefficient (Wildman–Crippen LogP) is 2.66. The third-order valence-electron chi connectivity index (χ3n) is 1.86. The lowest BCUT2D eigenvalue weighted by Crippen LogP contribution is -1.93. The molecule has 1 aliphatic rings. The Hall–Kier alpha value is -1.24. The van der Waals surface area contributed by atoms with Crippen LogP contribution in [0.15, 0.2) is 42.7 Å². The number of rotatable bonds is 1. The van der Waals surface area contributed by atoms with Gasteiger partial charge in [0.15, 0.2) is 0 Å². The highest BCUT2D eigenvalue weighted by molar-refractivity contribution is 5.19. The molecule has 0 bridgehead atoms. The van der Waals surface area contributed by atoms with Crippen molar-refractivity contribution in [1.29, 1.82) is 0 Å². The molecule has 0 saturated heterocycles. The summed E-state index contributed by atoms with van der Waals surface area (Å²) in [6.07, 6.45) is 5.09. The molecule has 0 aromatic heterocycles. The topological polar surface area (TPSA) is 9.23 Å². The maximum atomic E-state index is 5.36. The monoisotopic (exact) mass is 146 g/mol. The number of ether oxygens (including phenoxy) is 1. The van der Waals surface area contributed by atoms with Gasteiger partial charge in [0.25, 0.3) is 0 Å². The first-order valence-corrected chi connectivity index (χ1v) is 3.82. The van der Waals surface area contributed by atoms with E-state index in [2.05, 4.69) is 18.2 Å². The summed E-state index contributed by atoms with van der Waals surface area (Å²) < 4.78 is 5.36. The van der Waals surface area contributed by atoms with Crippen molar-refractivity contribution in [2.45, 2.75) is 12.5 Å². The Morgan fingerprint density at radius 3 is 2.64 bits per heavy atom. The normalized spacial score (nSPS) is 21.6. The van der Waals surface area contributed by atoms with Gasteiger partial charge in [0.2, 0.25) is 0 Å². The van der Waals surface area contributed by atoms with Crippen LogP contribution in [0.25, 0.3) is 0 Å². The summed E-state index contributed by atoms with van der Waals surface area (Å²) in [4.78, 5) is 0. The summed E-state index contributed by atoms with van der Waals surface area (Å²) in [5.41, 5.74) is 1.26. The molecule has 1 atom stereocenters. The van der Waals surface area contributed by atoms with Crippen LogP contribution in [0.4, 0.5) is 0 Å². The van der Waals surface area contributed by atoms with Crippen molar-refractivity contribution in [1.82, 2.24) is 0 Å². The van der Waals surface area contributed by atoms with Crippen LogP contribution in [-0.2, 0) is 4.74 Å². The zero-order valence-corrected chi connectivity index (χ0v) is 6.23. The van der Waals surface area contributed by atoms with E-state index in [1.807, 2.05) is 18.2 Å². The van der Waals surface area contributed by atoms with E-state index in [-0.39, 0.29) is 6.10 Å². The molecular weight excluding hydrogens is 136 g/mol. The van der Waals surface area contributed by atoms with E-state index in [1.165, 1.54) is 5.56 Å². The van der Waals surface area contributed by atoms with Crippen LogP contribution in [0.1, 0.15) is 18.1 Å². The van der Waals surface area contributed by atoms with Crippen molar-refractivity contribution < 1.29 is 4.74 Å². The van der Waals surface area contributed by atoms with E-state index in [0.717, 1.165) is 6.42 Å². The maximum Gasteiger partial charge on any atom is 0.126 e. The van der Waals surface area contributed by atoms with Gasteiger partial charge in [-0.15, -0.1) is 0 Å². The molecule has 1 heterocycles. The van der Waals surface area contributed by atoms with Gasteiger partial charge in [0.05, 0.1) is 6.26 Å². The number of hydrogen-bond acceptors (Lipinski definition) is 1. The first kappa shape index (κ1) is 6.47. The fourth-order valence-electron chi connectivity index (χ4n) is 1.27. The molecule has 0 radical (unpaired) electrons. The van der Waals surface area contributed by atoms with Crippen molar-refractivity contribution in [2.75, 3.05) is 0 Å². The second kappa shape index (κ2) is 2.79. The largest absolute Gasteiger partial charge is 0.493 e. The molecule has 11 heavy (non-hydrogen) atoms. The van der Waals surface area contributed by atoms with Crippen molar-refractivity contribution >= 4 is 0 Å². The zero-order chi connectivity index (χ0) is 7.52. The quantitative estimate of drug-likeness (QED) is 0.591. The van der Waals surface area contributed by atoms with Crippen molar-refractivity contribution in [2.24, 2.45) is 0 Å². The van der Waals surface area contributed by atoms with E-state index in [4.69, 9.17) is 4.74 Å². The molecule has 0 N–H and O–H groups in total. The minimum atomic E-state index is 0.260. The van der Waals surface area contributed by atoms with Gasteiger partial charge in [-0.1, -0.05) is 30.3 Å². The lowest BCUT2D eigenvalue weighted by molar-refractivity contribution is 0.173. The van der Waals surface area contributed by atoms with Gasteiger partial charge >= 0.3 is 0 Å². The molecule has 0 unspecified atom stereocenters. The molecule has 0 saturated carbocycles. The van der Waals surface area contributed by atoms with Crippen LogP contribution in [0.2, 0.25) is 0 Å². The van der Waals surface area contributed by atoms with Crippen LogP contribution < -0.4 is 0 Å². The smallest absolute Gasteiger partial charge is 0.126 e. The molecule has 0 spiro atoms. The van der Waals surface area contributed by atoms with Gasteiger partial charge in [0.1, 0.15) is 6.10 Å². The lowest BCUT2D eigenvalue weighted by Gasteiger charge is -2.09. The fourth-order valence-corrected chi connectivity index (χ4v) is 1.27. The molecule has 1 aromatic carbocycles.